The van der Waals surface area contributed by atoms with E-state index >= 15 is 0 Å². The smallest absolute Gasteiger partial charge is 0.127 e. The molecule has 0 atom stereocenters. The maximum Gasteiger partial charge on any atom is 0.127 e. The van der Waals surface area contributed by atoms with Crippen molar-refractivity contribution in [3.63, 3.8) is 0 Å². The van der Waals surface area contributed by atoms with Crippen molar-refractivity contribution in [3.05, 3.63) is 57.9 Å². The summed E-state index contributed by atoms with van der Waals surface area (Å²) < 4.78 is 18.8. The fourth-order valence-electron chi connectivity index (χ4n) is 2.30. The fraction of sp³-hybridized carbons (Fsp3) is 0.316. The average Bonchev–Trinajstić information content (AvgIpc) is 2.55. The first-order chi connectivity index (χ1) is 11.4. The van der Waals surface area contributed by atoms with Crippen molar-refractivity contribution in [2.45, 2.75) is 20.3 Å². The predicted molar refractivity (Wildman–Crippen MR) is 98.4 cm³/mol. The van der Waals surface area contributed by atoms with Crippen LogP contribution in [-0.2, 0) is 6.42 Å². The second-order valence-corrected chi connectivity index (χ2v) is 6.13. The van der Waals surface area contributed by atoms with Gasteiger partial charge in [0.2, 0.25) is 0 Å². The van der Waals surface area contributed by atoms with Crippen LogP contribution in [0.3, 0.4) is 0 Å². The van der Waals surface area contributed by atoms with E-state index in [4.69, 9.17) is 16.3 Å². The lowest BCUT2D eigenvalue weighted by Gasteiger charge is -2.12. The van der Waals surface area contributed by atoms with Gasteiger partial charge in [-0.1, -0.05) is 11.6 Å². The number of rotatable bonds is 6. The minimum absolute atomic E-state index is 0.308. The summed E-state index contributed by atoms with van der Waals surface area (Å²) in [5.74, 6) is 0.203. The molecular formula is C19H22ClFN2O. The lowest BCUT2D eigenvalue weighted by atomic mass is 9.99. The van der Waals surface area contributed by atoms with Crippen LogP contribution in [0.5, 0.6) is 5.75 Å². The molecule has 2 aromatic rings. The number of aliphatic imine (C=N–C) groups is 1. The SMILES string of the molecule is CCN(C)C=Nc1cc(C)c(Cc2cc(F)cc(OC)c2)cc1Cl. The van der Waals surface area contributed by atoms with Crippen molar-refractivity contribution in [1.29, 1.82) is 0 Å². The van der Waals surface area contributed by atoms with Gasteiger partial charge in [-0.2, -0.15) is 0 Å². The highest BCUT2D eigenvalue weighted by Crippen LogP contribution is 2.30. The molecule has 0 aliphatic carbocycles. The molecule has 0 spiro atoms. The molecule has 24 heavy (non-hydrogen) atoms. The number of benzene rings is 2. The van der Waals surface area contributed by atoms with Gasteiger partial charge in [0.25, 0.3) is 0 Å². The van der Waals surface area contributed by atoms with Gasteiger partial charge in [-0.05, 0) is 61.2 Å². The summed E-state index contributed by atoms with van der Waals surface area (Å²) in [6.45, 7) is 4.93. The third-order valence-electron chi connectivity index (χ3n) is 3.86. The molecule has 0 unspecified atom stereocenters. The summed E-state index contributed by atoms with van der Waals surface area (Å²) in [4.78, 5) is 6.39. The van der Waals surface area contributed by atoms with Crippen molar-refractivity contribution >= 4 is 23.6 Å². The number of methoxy groups -OCH3 is 1. The van der Waals surface area contributed by atoms with Crippen LogP contribution in [0, 0.1) is 12.7 Å². The average molecular weight is 349 g/mol. The number of nitrogens with zero attached hydrogens (tertiary/aromatic N) is 2. The third-order valence-corrected chi connectivity index (χ3v) is 4.16. The van der Waals surface area contributed by atoms with E-state index in [0.29, 0.717) is 17.2 Å². The van der Waals surface area contributed by atoms with Crippen molar-refractivity contribution in [1.82, 2.24) is 4.90 Å². The Bertz CT molecular complexity index is 746. The Morgan fingerprint density at radius 1 is 1.25 bits per heavy atom. The first kappa shape index (κ1) is 18.3. The van der Waals surface area contributed by atoms with Crippen molar-refractivity contribution in [3.8, 4) is 5.75 Å². The molecule has 2 rings (SSSR count). The van der Waals surface area contributed by atoms with E-state index in [1.807, 2.05) is 37.1 Å². The van der Waals surface area contributed by atoms with Crippen molar-refractivity contribution in [2.75, 3.05) is 20.7 Å². The van der Waals surface area contributed by atoms with Crippen LogP contribution >= 0.6 is 11.6 Å². The van der Waals surface area contributed by atoms with E-state index < -0.39 is 0 Å². The monoisotopic (exact) mass is 348 g/mol. The van der Waals surface area contributed by atoms with Gasteiger partial charge in [0.15, 0.2) is 0 Å². The van der Waals surface area contributed by atoms with Crippen molar-refractivity contribution in [2.24, 2.45) is 4.99 Å². The summed E-state index contributed by atoms with van der Waals surface area (Å²) in [6.07, 6.45) is 2.34. The number of hydrogen-bond donors (Lipinski definition) is 0. The molecule has 0 N–H and O–H groups in total. The highest BCUT2D eigenvalue weighted by Gasteiger charge is 2.08. The predicted octanol–water partition coefficient (Wildman–Crippen LogP) is 5.00. The zero-order valence-electron chi connectivity index (χ0n) is 14.4. The van der Waals surface area contributed by atoms with Gasteiger partial charge in [-0.25, -0.2) is 9.38 Å². The molecular weight excluding hydrogens is 327 g/mol. The highest BCUT2D eigenvalue weighted by atomic mass is 35.5. The summed E-state index contributed by atoms with van der Waals surface area (Å²) >= 11 is 6.35. The minimum Gasteiger partial charge on any atom is -0.497 e. The molecule has 0 saturated carbocycles. The Balaban J connectivity index is 2.28. The highest BCUT2D eigenvalue weighted by molar-refractivity contribution is 6.33. The van der Waals surface area contributed by atoms with Crippen molar-refractivity contribution < 1.29 is 9.13 Å². The second kappa shape index (κ2) is 8.15. The number of ether oxygens (including phenoxy) is 1. The molecule has 0 aliphatic rings. The molecule has 0 aromatic heterocycles. The molecule has 0 fully saturated rings. The van der Waals surface area contributed by atoms with Crippen LogP contribution in [0.1, 0.15) is 23.6 Å². The molecule has 0 radical (unpaired) electrons. The second-order valence-electron chi connectivity index (χ2n) is 5.72. The van der Waals surface area contributed by atoms with Crippen LogP contribution in [0.25, 0.3) is 0 Å². The Hall–Kier alpha value is -2.07. The van der Waals surface area contributed by atoms with E-state index in [0.717, 1.165) is 28.9 Å². The molecule has 128 valence electrons. The number of aryl methyl sites for hydroxylation is 1. The first-order valence-corrected chi connectivity index (χ1v) is 8.17. The quantitative estimate of drug-likeness (QED) is 0.542. The number of hydrogen-bond acceptors (Lipinski definition) is 2. The number of halogens is 2. The van der Waals surface area contributed by atoms with Gasteiger partial charge in [0, 0.05) is 19.7 Å². The Morgan fingerprint density at radius 3 is 2.67 bits per heavy atom. The lowest BCUT2D eigenvalue weighted by molar-refractivity contribution is 0.410. The Morgan fingerprint density at radius 2 is 2.00 bits per heavy atom. The summed E-state index contributed by atoms with van der Waals surface area (Å²) in [6, 6.07) is 8.56. The molecule has 0 saturated heterocycles. The zero-order valence-corrected chi connectivity index (χ0v) is 15.2. The molecule has 3 nitrogen and oxygen atoms in total. The summed E-state index contributed by atoms with van der Waals surface area (Å²) in [7, 11) is 3.48. The van der Waals surface area contributed by atoms with E-state index in [2.05, 4.69) is 11.9 Å². The van der Waals surface area contributed by atoms with Gasteiger partial charge in [0.1, 0.15) is 11.6 Å². The van der Waals surface area contributed by atoms with Crippen LogP contribution in [0.15, 0.2) is 35.3 Å². The van der Waals surface area contributed by atoms with Gasteiger partial charge in [-0.3, -0.25) is 0 Å². The minimum atomic E-state index is -0.308. The molecule has 2 aromatic carbocycles. The Kier molecular flexibility index (Phi) is 6.21. The van der Waals surface area contributed by atoms with Crippen LogP contribution in [-0.4, -0.2) is 31.9 Å². The molecule has 0 aliphatic heterocycles. The molecule has 0 bridgehead atoms. The zero-order chi connectivity index (χ0) is 17.7. The van der Waals surface area contributed by atoms with Crippen LogP contribution in [0.2, 0.25) is 5.02 Å². The van der Waals surface area contributed by atoms with E-state index in [1.54, 1.807) is 6.34 Å². The topological polar surface area (TPSA) is 24.8 Å². The van der Waals surface area contributed by atoms with E-state index in [1.165, 1.54) is 19.2 Å². The Labute approximate surface area is 147 Å². The standard InChI is InChI=1S/C19H22ClFN2O/c1-5-23(3)12-22-19-6-13(2)15(10-18(19)20)7-14-8-16(21)11-17(9-14)24-4/h6,8-12H,5,7H2,1-4H3. The van der Waals surface area contributed by atoms with Gasteiger partial charge in [-0.15, -0.1) is 0 Å². The largest absolute Gasteiger partial charge is 0.497 e. The first-order valence-electron chi connectivity index (χ1n) is 7.79. The third kappa shape index (κ3) is 4.71. The maximum atomic E-state index is 13.6. The lowest BCUT2D eigenvalue weighted by Crippen LogP contribution is -2.14. The van der Waals surface area contributed by atoms with Gasteiger partial charge < -0.3 is 9.64 Å². The molecule has 5 heteroatoms. The van der Waals surface area contributed by atoms with Crippen LogP contribution < -0.4 is 4.74 Å². The summed E-state index contributed by atoms with van der Waals surface area (Å²) in [5, 5.41) is 0.583. The molecule has 0 heterocycles. The normalized spacial score (nSPS) is 11.1. The molecule has 0 amide bonds. The van der Waals surface area contributed by atoms with Gasteiger partial charge >= 0.3 is 0 Å². The van der Waals surface area contributed by atoms with E-state index in [-0.39, 0.29) is 5.82 Å². The van der Waals surface area contributed by atoms with E-state index in [9.17, 15) is 4.39 Å². The maximum absolute atomic E-state index is 13.6. The summed E-state index contributed by atoms with van der Waals surface area (Å²) in [5.41, 5.74) is 3.67. The van der Waals surface area contributed by atoms with Crippen LogP contribution in [0.4, 0.5) is 10.1 Å². The fourth-order valence-corrected chi connectivity index (χ4v) is 2.53. The van der Waals surface area contributed by atoms with Gasteiger partial charge in [0.05, 0.1) is 24.2 Å².